The zero-order valence-corrected chi connectivity index (χ0v) is 21.5. The number of hydrogen-bond donors (Lipinski definition) is 4. The number of aromatic hydroxyl groups is 1. The van der Waals surface area contributed by atoms with Gasteiger partial charge in [0.25, 0.3) is 5.91 Å². The lowest BCUT2D eigenvalue weighted by Gasteiger charge is -2.16. The summed E-state index contributed by atoms with van der Waals surface area (Å²) in [6.07, 6.45) is -1.15. The first-order chi connectivity index (χ1) is 19.6. The number of nitrogens with two attached hydrogens (primary N) is 1. The third-order valence-corrected chi connectivity index (χ3v) is 6.94. The maximum atomic E-state index is 13.1. The minimum Gasteiger partial charge on any atom is -0.507 e. The van der Waals surface area contributed by atoms with Crippen molar-refractivity contribution in [2.45, 2.75) is 13.1 Å². The van der Waals surface area contributed by atoms with E-state index in [1.165, 1.54) is 12.1 Å². The number of nitrogens with one attached hydrogen (secondary N) is 2. The molecule has 7 nitrogen and oxygen atoms in total. The Labute approximate surface area is 231 Å². The summed E-state index contributed by atoms with van der Waals surface area (Å²) in [6.45, 7) is 1.83. The molecule has 0 aliphatic rings. The van der Waals surface area contributed by atoms with Gasteiger partial charge in [-0.05, 0) is 83.6 Å². The highest BCUT2D eigenvalue weighted by Crippen LogP contribution is 2.44. The van der Waals surface area contributed by atoms with Crippen LogP contribution in [-0.4, -0.2) is 26.0 Å². The number of nitrogen functional groups attached to an aromatic ring is 1. The molecule has 0 bridgehead atoms. The van der Waals surface area contributed by atoms with E-state index in [2.05, 4.69) is 20.3 Å². The normalized spacial score (nSPS) is 11.7. The lowest BCUT2D eigenvalue weighted by molar-refractivity contribution is -0.137. The molecule has 0 atom stereocenters. The van der Waals surface area contributed by atoms with Crippen LogP contribution in [-0.2, 0) is 6.18 Å². The number of carbonyl (C=O) groups is 1. The minimum atomic E-state index is -4.54. The van der Waals surface area contributed by atoms with Crippen molar-refractivity contribution in [3.8, 4) is 28.0 Å². The molecule has 1 amide bonds. The fourth-order valence-corrected chi connectivity index (χ4v) is 4.90. The number of H-pyrrole nitrogens is 1. The van der Waals surface area contributed by atoms with Gasteiger partial charge in [-0.3, -0.25) is 4.79 Å². The molecule has 2 heterocycles. The summed E-state index contributed by atoms with van der Waals surface area (Å²) < 4.78 is 39.4. The average Bonchev–Trinajstić information content (AvgIpc) is 3.41. The zero-order chi connectivity index (χ0) is 28.9. The quantitative estimate of drug-likeness (QED) is 0.183. The Hall–Kier alpha value is -5.38. The van der Waals surface area contributed by atoms with Crippen molar-refractivity contribution in [1.29, 1.82) is 0 Å². The van der Waals surface area contributed by atoms with E-state index >= 15 is 0 Å². The first kappa shape index (κ1) is 25.9. The van der Waals surface area contributed by atoms with Gasteiger partial charge < -0.3 is 21.1 Å². The molecule has 2 aromatic heterocycles. The van der Waals surface area contributed by atoms with Gasteiger partial charge in [0.05, 0.1) is 16.6 Å². The second-order valence-corrected chi connectivity index (χ2v) is 9.66. The molecule has 4 aromatic carbocycles. The second kappa shape index (κ2) is 9.67. The maximum absolute atomic E-state index is 13.1. The number of fused-ring (bicyclic) bond motifs is 2. The maximum Gasteiger partial charge on any atom is 0.416 e. The molecule has 0 spiro atoms. The number of nitrogens with zero attached hydrogens (tertiary/aromatic N) is 2. The molecule has 0 aliphatic heterocycles. The van der Waals surface area contributed by atoms with Gasteiger partial charge in [-0.25, -0.2) is 9.97 Å². The standard InChI is InChI=1S/C31H22F3N5O2/c1-16-5-6-19(29(41)38-22-4-2-3-21(14-22)31(32,33)34)12-23(16)24-13-20-15-37-30(35)39-27(20)26(28(24)40)18-7-8-25-17(11-18)9-10-36-25/h2-15,36,40H,1H3,(H,38,41)(H2,35,37,39). The van der Waals surface area contributed by atoms with Crippen LogP contribution < -0.4 is 11.1 Å². The number of phenolic OH excluding ortho intramolecular Hbond substituents is 1. The largest absolute Gasteiger partial charge is 0.507 e. The van der Waals surface area contributed by atoms with E-state index < -0.39 is 17.6 Å². The molecule has 0 saturated carbocycles. The van der Waals surface area contributed by atoms with Gasteiger partial charge in [0.2, 0.25) is 5.95 Å². The Morgan fingerprint density at radius 1 is 0.976 bits per heavy atom. The summed E-state index contributed by atoms with van der Waals surface area (Å²) in [5.41, 5.74) is 9.55. The minimum absolute atomic E-state index is 0.0117. The summed E-state index contributed by atoms with van der Waals surface area (Å²) >= 11 is 0. The van der Waals surface area contributed by atoms with E-state index in [1.54, 1.807) is 30.5 Å². The summed E-state index contributed by atoms with van der Waals surface area (Å²) in [5, 5.41) is 15.8. The predicted molar refractivity (Wildman–Crippen MR) is 152 cm³/mol. The van der Waals surface area contributed by atoms with E-state index in [0.29, 0.717) is 33.2 Å². The van der Waals surface area contributed by atoms with Gasteiger partial charge in [-0.1, -0.05) is 18.2 Å². The van der Waals surface area contributed by atoms with Gasteiger partial charge in [0.1, 0.15) is 5.75 Å². The van der Waals surface area contributed by atoms with Gasteiger partial charge >= 0.3 is 6.18 Å². The summed E-state index contributed by atoms with van der Waals surface area (Å²) in [4.78, 5) is 24.8. The number of carbonyl (C=O) groups excluding carboxylic acids is 1. The number of aromatic amines is 1. The highest BCUT2D eigenvalue weighted by molar-refractivity contribution is 6.07. The van der Waals surface area contributed by atoms with Gasteiger partial charge in [0.15, 0.2) is 0 Å². The van der Waals surface area contributed by atoms with Crippen LogP contribution in [0.5, 0.6) is 5.75 Å². The first-order valence-corrected chi connectivity index (χ1v) is 12.5. The van der Waals surface area contributed by atoms with E-state index in [0.717, 1.165) is 28.6 Å². The molecule has 0 aliphatic carbocycles. The second-order valence-electron chi connectivity index (χ2n) is 9.66. The molecule has 6 aromatic rings. The Morgan fingerprint density at radius 2 is 1.80 bits per heavy atom. The molecular weight excluding hydrogens is 531 g/mol. The number of hydrogen-bond acceptors (Lipinski definition) is 5. The molecule has 0 radical (unpaired) electrons. The molecule has 10 heteroatoms. The van der Waals surface area contributed by atoms with E-state index in [1.807, 2.05) is 37.4 Å². The SMILES string of the molecule is Cc1ccc(C(=O)Nc2cccc(C(F)(F)F)c2)cc1-c1cc2cnc(N)nc2c(-c2ccc3[nH]ccc3c2)c1O. The predicted octanol–water partition coefficient (Wildman–Crippen LogP) is 7.31. The number of aromatic nitrogens is 3. The topological polar surface area (TPSA) is 117 Å². The number of aryl methyl sites for hydroxylation is 1. The van der Waals surface area contributed by atoms with E-state index in [9.17, 15) is 23.1 Å². The molecule has 6 rings (SSSR count). The number of halogens is 3. The Kier molecular flexibility index (Phi) is 6.10. The summed E-state index contributed by atoms with van der Waals surface area (Å²) in [7, 11) is 0. The molecule has 204 valence electrons. The zero-order valence-electron chi connectivity index (χ0n) is 21.5. The average molecular weight is 554 g/mol. The van der Waals surface area contributed by atoms with Crippen molar-refractivity contribution in [1.82, 2.24) is 15.0 Å². The van der Waals surface area contributed by atoms with Crippen LogP contribution in [0.1, 0.15) is 21.5 Å². The first-order valence-electron chi connectivity index (χ1n) is 12.5. The molecule has 0 saturated heterocycles. The Balaban J connectivity index is 1.47. The number of rotatable bonds is 4. The molecule has 5 N–H and O–H groups in total. The Bertz CT molecular complexity index is 1980. The van der Waals surface area contributed by atoms with Crippen LogP contribution >= 0.6 is 0 Å². The monoisotopic (exact) mass is 553 g/mol. The van der Waals surface area contributed by atoms with Crippen LogP contribution in [0.25, 0.3) is 44.1 Å². The Morgan fingerprint density at radius 3 is 2.61 bits per heavy atom. The number of phenols is 1. The van der Waals surface area contributed by atoms with Gasteiger partial charge in [-0.15, -0.1) is 0 Å². The lowest BCUT2D eigenvalue weighted by atomic mass is 9.91. The lowest BCUT2D eigenvalue weighted by Crippen LogP contribution is -2.13. The van der Waals surface area contributed by atoms with Crippen LogP contribution in [0.3, 0.4) is 0 Å². The number of benzene rings is 4. The van der Waals surface area contributed by atoms with Crippen LogP contribution in [0.15, 0.2) is 85.2 Å². The van der Waals surface area contributed by atoms with Gasteiger partial charge in [0, 0.05) is 40.1 Å². The molecular formula is C31H22F3N5O2. The molecule has 0 unspecified atom stereocenters. The fraction of sp³-hybridized carbons (Fsp3) is 0.0645. The van der Waals surface area contributed by atoms with Gasteiger partial charge in [-0.2, -0.15) is 13.2 Å². The summed E-state index contributed by atoms with van der Waals surface area (Å²) in [6, 6.07) is 18.6. The van der Waals surface area contributed by atoms with Crippen molar-refractivity contribution in [3.05, 3.63) is 102 Å². The van der Waals surface area contributed by atoms with Crippen molar-refractivity contribution in [2.75, 3.05) is 11.1 Å². The number of alkyl halides is 3. The third kappa shape index (κ3) is 4.80. The molecule has 41 heavy (non-hydrogen) atoms. The fourth-order valence-electron chi connectivity index (χ4n) is 4.90. The third-order valence-electron chi connectivity index (χ3n) is 6.94. The van der Waals surface area contributed by atoms with Crippen molar-refractivity contribution in [3.63, 3.8) is 0 Å². The number of amides is 1. The highest BCUT2D eigenvalue weighted by atomic mass is 19.4. The van der Waals surface area contributed by atoms with Crippen molar-refractivity contribution >= 4 is 39.3 Å². The van der Waals surface area contributed by atoms with E-state index in [4.69, 9.17) is 5.73 Å². The molecule has 0 fully saturated rings. The van der Waals surface area contributed by atoms with Crippen LogP contribution in [0.2, 0.25) is 0 Å². The smallest absolute Gasteiger partial charge is 0.416 e. The number of anilines is 2. The van der Waals surface area contributed by atoms with E-state index in [-0.39, 0.29) is 22.9 Å². The van der Waals surface area contributed by atoms with Crippen LogP contribution in [0, 0.1) is 6.92 Å². The van der Waals surface area contributed by atoms with Crippen LogP contribution in [0.4, 0.5) is 24.8 Å². The van der Waals surface area contributed by atoms with Crippen molar-refractivity contribution < 1.29 is 23.1 Å². The summed E-state index contributed by atoms with van der Waals surface area (Å²) in [5.74, 6) is -0.609. The highest BCUT2D eigenvalue weighted by Gasteiger charge is 2.30. The van der Waals surface area contributed by atoms with Crippen molar-refractivity contribution in [2.24, 2.45) is 0 Å².